The van der Waals surface area contributed by atoms with Crippen LogP contribution >= 0.6 is 31.9 Å². The molecule has 0 bridgehead atoms. The van der Waals surface area contributed by atoms with Gasteiger partial charge in [-0.3, -0.25) is 9.59 Å². The molecule has 96 valence electrons. The number of hydrogen-bond donors (Lipinski definition) is 0. The highest BCUT2D eigenvalue weighted by Gasteiger charge is 2.17. The molecule has 0 heterocycles. The van der Waals surface area contributed by atoms with E-state index in [2.05, 4.69) is 31.9 Å². The molecule has 0 atom stereocenters. The van der Waals surface area contributed by atoms with Crippen molar-refractivity contribution < 1.29 is 9.59 Å². The van der Waals surface area contributed by atoms with Crippen molar-refractivity contribution in [2.45, 2.75) is 0 Å². The molecule has 3 nitrogen and oxygen atoms in total. The maximum Gasteiger partial charge on any atom is 0.264 e. The zero-order valence-electron chi connectivity index (χ0n) is 9.72. The number of halogens is 2. The summed E-state index contributed by atoms with van der Waals surface area (Å²) in [5.74, 6) is -0.366. The number of hydrogen-bond acceptors (Lipinski definition) is 2. The van der Waals surface area contributed by atoms with Gasteiger partial charge in [-0.2, -0.15) is 0 Å². The molecule has 0 N–H and O–H groups in total. The molecule has 2 rings (SSSR count). The molecular formula is C14H9Br2NO2. The Morgan fingerprint density at radius 1 is 1.00 bits per heavy atom. The summed E-state index contributed by atoms with van der Waals surface area (Å²) in [6, 6.07) is 13.9. The van der Waals surface area contributed by atoms with Gasteiger partial charge in [-0.05, 0) is 36.4 Å². The Morgan fingerprint density at radius 3 is 2.21 bits per heavy atom. The summed E-state index contributed by atoms with van der Waals surface area (Å²) >= 11 is 6.62. The lowest BCUT2D eigenvalue weighted by Gasteiger charge is -2.16. The highest BCUT2D eigenvalue weighted by Crippen LogP contribution is 2.21. The first-order valence-electron chi connectivity index (χ1n) is 5.42. The second-order valence-electron chi connectivity index (χ2n) is 3.77. The molecule has 0 saturated carbocycles. The molecule has 0 aliphatic heterocycles. The summed E-state index contributed by atoms with van der Waals surface area (Å²) in [5, 5.41) is 0. The van der Waals surface area contributed by atoms with Gasteiger partial charge in [0.2, 0.25) is 6.41 Å². The molecule has 0 spiro atoms. The number of benzene rings is 2. The molecule has 2 amide bonds. The van der Waals surface area contributed by atoms with Gasteiger partial charge in [0.15, 0.2) is 0 Å². The monoisotopic (exact) mass is 381 g/mol. The number of anilines is 1. The fraction of sp³-hybridized carbons (Fsp3) is 0. The largest absolute Gasteiger partial charge is 0.278 e. The van der Waals surface area contributed by atoms with Crippen molar-refractivity contribution in [3.05, 3.63) is 63.0 Å². The van der Waals surface area contributed by atoms with Crippen LogP contribution in [0.2, 0.25) is 0 Å². The number of carbonyl (C=O) groups excluding carboxylic acids is 2. The first-order chi connectivity index (χ1) is 9.11. The summed E-state index contributed by atoms with van der Waals surface area (Å²) < 4.78 is 1.59. The Balaban J connectivity index is 2.37. The van der Waals surface area contributed by atoms with Crippen LogP contribution in [0.25, 0.3) is 0 Å². The van der Waals surface area contributed by atoms with Crippen molar-refractivity contribution in [2.75, 3.05) is 4.90 Å². The molecule has 0 saturated heterocycles. The quantitative estimate of drug-likeness (QED) is 0.752. The Bertz CT molecular complexity index is 628. The molecule has 0 fully saturated rings. The standard InChI is InChI=1S/C14H9Br2NO2/c15-11-4-1-3-10(7-11)14(19)17(9-18)13-6-2-5-12(16)8-13/h1-9H. The number of carbonyl (C=O) groups is 2. The highest BCUT2D eigenvalue weighted by molar-refractivity contribution is 9.10. The van der Waals surface area contributed by atoms with Gasteiger partial charge < -0.3 is 0 Å². The molecule has 0 aromatic heterocycles. The number of nitrogens with zero attached hydrogens (tertiary/aromatic N) is 1. The lowest BCUT2D eigenvalue weighted by Crippen LogP contribution is -2.29. The van der Waals surface area contributed by atoms with Crippen LogP contribution in [-0.2, 0) is 4.79 Å². The van der Waals surface area contributed by atoms with E-state index in [4.69, 9.17) is 0 Å². The maximum atomic E-state index is 12.3. The van der Waals surface area contributed by atoms with E-state index in [1.54, 1.807) is 36.4 Å². The lowest BCUT2D eigenvalue weighted by molar-refractivity contribution is -0.106. The van der Waals surface area contributed by atoms with Gasteiger partial charge in [-0.15, -0.1) is 0 Å². The van der Waals surface area contributed by atoms with Crippen LogP contribution in [-0.4, -0.2) is 12.3 Å². The summed E-state index contributed by atoms with van der Waals surface area (Å²) in [7, 11) is 0. The minimum atomic E-state index is -0.366. The van der Waals surface area contributed by atoms with E-state index in [1.165, 1.54) is 0 Å². The molecule has 2 aromatic carbocycles. The number of amides is 2. The predicted molar refractivity (Wildman–Crippen MR) is 81.2 cm³/mol. The van der Waals surface area contributed by atoms with Crippen LogP contribution in [0.5, 0.6) is 0 Å². The number of imide groups is 1. The normalized spacial score (nSPS) is 10.0. The van der Waals surface area contributed by atoms with Crippen molar-refractivity contribution in [1.82, 2.24) is 0 Å². The van der Waals surface area contributed by atoms with E-state index in [9.17, 15) is 9.59 Å². The minimum Gasteiger partial charge on any atom is -0.278 e. The molecule has 0 aliphatic carbocycles. The SMILES string of the molecule is O=CN(C(=O)c1cccc(Br)c1)c1cccc(Br)c1. The van der Waals surface area contributed by atoms with E-state index >= 15 is 0 Å². The first-order valence-corrected chi connectivity index (χ1v) is 7.00. The van der Waals surface area contributed by atoms with Crippen molar-refractivity contribution in [2.24, 2.45) is 0 Å². The van der Waals surface area contributed by atoms with Gasteiger partial charge >= 0.3 is 0 Å². The van der Waals surface area contributed by atoms with Crippen LogP contribution in [0, 0.1) is 0 Å². The summed E-state index contributed by atoms with van der Waals surface area (Å²) in [6.07, 6.45) is 0.519. The van der Waals surface area contributed by atoms with Gasteiger partial charge in [0.1, 0.15) is 0 Å². The summed E-state index contributed by atoms with van der Waals surface area (Å²) in [6.45, 7) is 0. The smallest absolute Gasteiger partial charge is 0.264 e. The van der Waals surface area contributed by atoms with Crippen molar-refractivity contribution in [1.29, 1.82) is 0 Å². The zero-order valence-corrected chi connectivity index (χ0v) is 12.9. The van der Waals surface area contributed by atoms with E-state index in [-0.39, 0.29) is 5.91 Å². The molecule has 0 radical (unpaired) electrons. The van der Waals surface area contributed by atoms with Gasteiger partial charge in [-0.25, -0.2) is 4.90 Å². The fourth-order valence-corrected chi connectivity index (χ4v) is 2.40. The van der Waals surface area contributed by atoms with E-state index in [0.717, 1.165) is 13.8 Å². The molecule has 5 heteroatoms. The summed E-state index contributed by atoms with van der Waals surface area (Å²) in [4.78, 5) is 24.6. The van der Waals surface area contributed by atoms with Crippen LogP contribution in [0.1, 0.15) is 10.4 Å². The topological polar surface area (TPSA) is 37.4 Å². The van der Waals surface area contributed by atoms with Gasteiger partial charge in [0.25, 0.3) is 5.91 Å². The maximum absolute atomic E-state index is 12.3. The highest BCUT2D eigenvalue weighted by atomic mass is 79.9. The molecule has 2 aromatic rings. The molecule has 0 aliphatic rings. The van der Waals surface area contributed by atoms with Gasteiger partial charge in [0.05, 0.1) is 5.69 Å². The third-order valence-corrected chi connectivity index (χ3v) is 3.47. The molecular weight excluding hydrogens is 374 g/mol. The average molecular weight is 383 g/mol. The second-order valence-corrected chi connectivity index (χ2v) is 5.60. The van der Waals surface area contributed by atoms with Gasteiger partial charge in [0, 0.05) is 14.5 Å². The zero-order chi connectivity index (χ0) is 13.8. The Labute approximate surface area is 127 Å². The average Bonchev–Trinajstić information content (AvgIpc) is 2.39. The van der Waals surface area contributed by atoms with E-state index < -0.39 is 0 Å². The number of rotatable bonds is 3. The van der Waals surface area contributed by atoms with Crippen molar-refractivity contribution in [3.8, 4) is 0 Å². The fourth-order valence-electron chi connectivity index (χ4n) is 1.61. The van der Waals surface area contributed by atoms with Crippen LogP contribution in [0.4, 0.5) is 5.69 Å². The van der Waals surface area contributed by atoms with Crippen molar-refractivity contribution in [3.63, 3.8) is 0 Å². The third kappa shape index (κ3) is 3.30. The van der Waals surface area contributed by atoms with E-state index in [0.29, 0.717) is 17.7 Å². The molecule has 0 unspecified atom stereocenters. The summed E-state index contributed by atoms with van der Waals surface area (Å²) in [5.41, 5.74) is 0.968. The van der Waals surface area contributed by atoms with Gasteiger partial charge in [-0.1, -0.05) is 44.0 Å². The molecule has 19 heavy (non-hydrogen) atoms. The predicted octanol–water partition coefficient (Wildman–Crippen LogP) is 4.01. The van der Waals surface area contributed by atoms with E-state index in [1.807, 2.05) is 12.1 Å². The third-order valence-electron chi connectivity index (χ3n) is 2.48. The van der Waals surface area contributed by atoms with Crippen LogP contribution in [0.3, 0.4) is 0 Å². The lowest BCUT2D eigenvalue weighted by atomic mass is 10.2. The minimum absolute atomic E-state index is 0.366. The second kappa shape index (κ2) is 6.12. The Kier molecular flexibility index (Phi) is 4.50. The first kappa shape index (κ1) is 14.0. The van der Waals surface area contributed by atoms with Crippen molar-refractivity contribution >= 4 is 49.9 Å². The van der Waals surface area contributed by atoms with Crippen LogP contribution in [0.15, 0.2) is 57.5 Å². The van der Waals surface area contributed by atoms with Crippen LogP contribution < -0.4 is 4.90 Å². The Hall–Kier alpha value is -1.46. The Morgan fingerprint density at radius 2 is 1.63 bits per heavy atom.